The first-order valence-corrected chi connectivity index (χ1v) is 7.15. The molecule has 0 aromatic heterocycles. The lowest BCUT2D eigenvalue weighted by molar-refractivity contribution is -0.119. The SMILES string of the molecule is O=C1CN(C(=O)C=Cc2ccccc2)c2ccc(Cl)cc2N1. The molecular weight excluding hydrogens is 300 g/mol. The fourth-order valence-electron chi connectivity index (χ4n) is 2.28. The van der Waals surface area contributed by atoms with Gasteiger partial charge in [-0.3, -0.25) is 14.5 Å². The largest absolute Gasteiger partial charge is 0.323 e. The van der Waals surface area contributed by atoms with Crippen LogP contribution in [0.3, 0.4) is 0 Å². The van der Waals surface area contributed by atoms with E-state index in [0.717, 1.165) is 5.56 Å². The molecule has 0 unspecified atom stereocenters. The van der Waals surface area contributed by atoms with Crippen molar-refractivity contribution in [2.75, 3.05) is 16.8 Å². The summed E-state index contributed by atoms with van der Waals surface area (Å²) in [6.45, 7) is -0.00735. The second-order valence-corrected chi connectivity index (χ2v) is 5.31. The second kappa shape index (κ2) is 6.03. The molecule has 110 valence electrons. The van der Waals surface area contributed by atoms with Crippen LogP contribution in [0.15, 0.2) is 54.6 Å². The minimum atomic E-state index is -0.248. The Morgan fingerprint density at radius 3 is 2.73 bits per heavy atom. The lowest BCUT2D eigenvalue weighted by Crippen LogP contribution is -2.41. The predicted octanol–water partition coefficient (Wildman–Crippen LogP) is 3.34. The minimum Gasteiger partial charge on any atom is -0.323 e. The van der Waals surface area contributed by atoms with Crippen LogP contribution >= 0.6 is 11.6 Å². The number of amides is 2. The summed E-state index contributed by atoms with van der Waals surface area (Å²) in [5.41, 5.74) is 2.12. The van der Waals surface area contributed by atoms with Gasteiger partial charge in [-0.25, -0.2) is 0 Å². The summed E-state index contributed by atoms with van der Waals surface area (Å²) < 4.78 is 0. The van der Waals surface area contributed by atoms with Crippen LogP contribution in [0, 0.1) is 0 Å². The lowest BCUT2D eigenvalue weighted by Gasteiger charge is -2.28. The van der Waals surface area contributed by atoms with E-state index in [1.807, 2.05) is 30.3 Å². The van der Waals surface area contributed by atoms with Gasteiger partial charge in [-0.1, -0.05) is 41.9 Å². The summed E-state index contributed by atoms with van der Waals surface area (Å²) in [4.78, 5) is 25.6. The first-order valence-electron chi connectivity index (χ1n) is 6.77. The summed E-state index contributed by atoms with van der Waals surface area (Å²) in [5.74, 6) is -0.487. The van der Waals surface area contributed by atoms with E-state index in [1.54, 1.807) is 24.3 Å². The molecular formula is C17H13ClN2O2. The third-order valence-corrected chi connectivity index (χ3v) is 3.54. The number of nitrogens with one attached hydrogen (secondary N) is 1. The molecule has 0 atom stereocenters. The van der Waals surface area contributed by atoms with Crippen LogP contribution in [-0.2, 0) is 9.59 Å². The van der Waals surface area contributed by atoms with Crippen LogP contribution in [-0.4, -0.2) is 18.4 Å². The molecule has 2 aromatic rings. The number of anilines is 2. The van der Waals surface area contributed by atoms with Crippen molar-refractivity contribution < 1.29 is 9.59 Å². The fraction of sp³-hybridized carbons (Fsp3) is 0.0588. The Hall–Kier alpha value is -2.59. The van der Waals surface area contributed by atoms with Gasteiger partial charge in [0, 0.05) is 11.1 Å². The summed E-state index contributed by atoms with van der Waals surface area (Å²) >= 11 is 5.92. The van der Waals surface area contributed by atoms with E-state index >= 15 is 0 Å². The predicted molar refractivity (Wildman–Crippen MR) is 87.9 cm³/mol. The molecule has 3 rings (SSSR count). The molecule has 0 radical (unpaired) electrons. The normalized spacial score (nSPS) is 13.9. The van der Waals surface area contributed by atoms with Crippen molar-refractivity contribution in [3.05, 3.63) is 65.2 Å². The van der Waals surface area contributed by atoms with Gasteiger partial charge < -0.3 is 5.32 Å². The van der Waals surface area contributed by atoms with Crippen molar-refractivity contribution in [1.29, 1.82) is 0 Å². The molecule has 0 spiro atoms. The van der Waals surface area contributed by atoms with Gasteiger partial charge in [0.15, 0.2) is 0 Å². The third kappa shape index (κ3) is 3.02. The van der Waals surface area contributed by atoms with E-state index < -0.39 is 0 Å². The molecule has 2 amide bonds. The smallest absolute Gasteiger partial charge is 0.251 e. The highest BCUT2D eigenvalue weighted by Gasteiger charge is 2.25. The summed E-state index contributed by atoms with van der Waals surface area (Å²) in [7, 11) is 0. The number of nitrogens with zero attached hydrogens (tertiary/aromatic N) is 1. The van der Waals surface area contributed by atoms with Crippen LogP contribution in [0.2, 0.25) is 5.02 Å². The number of hydrogen-bond acceptors (Lipinski definition) is 2. The van der Waals surface area contributed by atoms with Crippen LogP contribution in [0.25, 0.3) is 6.08 Å². The number of halogens is 1. The van der Waals surface area contributed by atoms with Crippen molar-refractivity contribution in [1.82, 2.24) is 0 Å². The Morgan fingerprint density at radius 1 is 1.18 bits per heavy atom. The Labute approximate surface area is 133 Å². The molecule has 22 heavy (non-hydrogen) atoms. The number of hydrogen-bond donors (Lipinski definition) is 1. The van der Waals surface area contributed by atoms with Gasteiger partial charge in [-0.2, -0.15) is 0 Å². The third-order valence-electron chi connectivity index (χ3n) is 3.31. The topological polar surface area (TPSA) is 49.4 Å². The maximum absolute atomic E-state index is 12.4. The lowest BCUT2D eigenvalue weighted by atomic mass is 10.1. The van der Waals surface area contributed by atoms with Crippen LogP contribution < -0.4 is 10.2 Å². The van der Waals surface area contributed by atoms with Gasteiger partial charge in [0.2, 0.25) is 5.91 Å². The highest BCUT2D eigenvalue weighted by atomic mass is 35.5. The van der Waals surface area contributed by atoms with Gasteiger partial charge in [0.25, 0.3) is 5.91 Å². The van der Waals surface area contributed by atoms with Gasteiger partial charge in [0.1, 0.15) is 6.54 Å². The summed E-state index contributed by atoms with van der Waals surface area (Å²) in [6, 6.07) is 14.6. The van der Waals surface area contributed by atoms with E-state index in [9.17, 15) is 9.59 Å². The monoisotopic (exact) mass is 312 g/mol. The Balaban J connectivity index is 1.87. The van der Waals surface area contributed by atoms with Crippen LogP contribution in [0.5, 0.6) is 0 Å². The van der Waals surface area contributed by atoms with Gasteiger partial charge >= 0.3 is 0 Å². The van der Waals surface area contributed by atoms with E-state index in [1.165, 1.54) is 11.0 Å². The molecule has 5 heteroatoms. The molecule has 1 aliphatic heterocycles. The maximum Gasteiger partial charge on any atom is 0.251 e. The molecule has 2 aromatic carbocycles. The highest BCUT2D eigenvalue weighted by Crippen LogP contribution is 2.32. The molecule has 0 saturated heterocycles. The minimum absolute atomic E-state index is 0.00735. The molecule has 1 aliphatic rings. The summed E-state index contributed by atoms with van der Waals surface area (Å²) in [6.07, 6.45) is 3.19. The Morgan fingerprint density at radius 2 is 1.95 bits per heavy atom. The molecule has 4 nitrogen and oxygen atoms in total. The molecule has 0 saturated carbocycles. The molecule has 1 heterocycles. The van der Waals surface area contributed by atoms with E-state index in [2.05, 4.69) is 5.32 Å². The fourth-order valence-corrected chi connectivity index (χ4v) is 2.45. The zero-order valence-corrected chi connectivity index (χ0v) is 12.4. The Bertz CT molecular complexity index is 757. The van der Waals surface area contributed by atoms with Gasteiger partial charge in [-0.15, -0.1) is 0 Å². The number of fused-ring (bicyclic) bond motifs is 1. The summed E-state index contributed by atoms with van der Waals surface area (Å²) in [5, 5.41) is 3.23. The molecule has 0 aliphatic carbocycles. The molecule has 1 N–H and O–H groups in total. The molecule has 0 bridgehead atoms. The quantitative estimate of drug-likeness (QED) is 0.865. The van der Waals surface area contributed by atoms with E-state index in [0.29, 0.717) is 16.4 Å². The van der Waals surface area contributed by atoms with E-state index in [-0.39, 0.29) is 18.4 Å². The first-order chi connectivity index (χ1) is 10.6. The average molecular weight is 313 g/mol. The number of benzene rings is 2. The average Bonchev–Trinajstić information content (AvgIpc) is 2.52. The second-order valence-electron chi connectivity index (χ2n) is 4.88. The number of carbonyl (C=O) groups is 2. The van der Waals surface area contributed by atoms with E-state index in [4.69, 9.17) is 11.6 Å². The number of carbonyl (C=O) groups excluding carboxylic acids is 2. The van der Waals surface area contributed by atoms with Crippen molar-refractivity contribution in [3.63, 3.8) is 0 Å². The van der Waals surface area contributed by atoms with Crippen LogP contribution in [0.1, 0.15) is 5.56 Å². The highest BCUT2D eigenvalue weighted by molar-refractivity contribution is 6.31. The zero-order valence-electron chi connectivity index (χ0n) is 11.6. The van der Waals surface area contributed by atoms with Crippen LogP contribution in [0.4, 0.5) is 11.4 Å². The van der Waals surface area contributed by atoms with Gasteiger partial charge in [-0.05, 0) is 29.8 Å². The Kier molecular flexibility index (Phi) is 3.94. The van der Waals surface area contributed by atoms with Crippen molar-refractivity contribution >= 4 is 40.9 Å². The molecule has 0 fully saturated rings. The van der Waals surface area contributed by atoms with Gasteiger partial charge in [0.05, 0.1) is 11.4 Å². The van der Waals surface area contributed by atoms with Crippen molar-refractivity contribution in [2.45, 2.75) is 0 Å². The van der Waals surface area contributed by atoms with Crippen molar-refractivity contribution in [2.24, 2.45) is 0 Å². The maximum atomic E-state index is 12.4. The number of rotatable bonds is 2. The standard InChI is InChI=1S/C17H13ClN2O2/c18-13-7-8-15-14(10-13)19-16(21)11-20(15)17(22)9-6-12-4-2-1-3-5-12/h1-10H,11H2,(H,19,21). The first kappa shape index (κ1) is 14.4. The van der Waals surface area contributed by atoms with Crippen molar-refractivity contribution in [3.8, 4) is 0 Å². The zero-order chi connectivity index (χ0) is 15.5.